The Hall–Kier alpha value is -4.23. The molecule has 1 fully saturated rings. The molecule has 10 nitrogen and oxygen atoms in total. The molecule has 4 aromatic rings. The molecule has 202 valence electrons. The normalized spacial score (nSPS) is 18.9. The number of benzene rings is 2. The number of aliphatic hydroxyl groups excluding tert-OH is 1. The summed E-state index contributed by atoms with van der Waals surface area (Å²) in [4.78, 5) is 15.8. The fourth-order valence-electron chi connectivity index (χ4n) is 4.28. The summed E-state index contributed by atoms with van der Waals surface area (Å²) in [5.41, 5.74) is -0.431. The fraction of sp³-hybridized carbons (Fsp3) is 0.308. The van der Waals surface area contributed by atoms with Gasteiger partial charge in [-0.25, -0.2) is 0 Å². The van der Waals surface area contributed by atoms with Crippen molar-refractivity contribution < 1.29 is 41.6 Å². The fourth-order valence-corrected chi connectivity index (χ4v) is 4.28. The van der Waals surface area contributed by atoms with Crippen LogP contribution in [0.25, 0.3) is 34.3 Å². The van der Waals surface area contributed by atoms with E-state index in [4.69, 9.17) is 18.5 Å². The average molecular weight is 542 g/mol. The Labute approximate surface area is 218 Å². The van der Waals surface area contributed by atoms with Crippen LogP contribution >= 0.6 is 0 Å². The van der Waals surface area contributed by atoms with Crippen molar-refractivity contribution in [2.45, 2.75) is 31.2 Å². The Morgan fingerprint density at radius 3 is 2.62 bits per heavy atom. The first kappa shape index (κ1) is 25.1. The topological polar surface area (TPSA) is 133 Å². The number of ether oxygens (including phenoxy) is 2. The van der Waals surface area contributed by atoms with Crippen LogP contribution in [0.15, 0.2) is 57.6 Å². The quantitative estimate of drug-likeness (QED) is 0.256. The Morgan fingerprint density at radius 1 is 1.08 bits per heavy atom. The highest BCUT2D eigenvalue weighted by molar-refractivity contribution is 5.75. The van der Waals surface area contributed by atoms with Crippen molar-refractivity contribution in [2.75, 3.05) is 13.3 Å². The van der Waals surface area contributed by atoms with Crippen LogP contribution in [-0.2, 0) is 15.7 Å². The monoisotopic (exact) mass is 542 g/mol. The summed E-state index contributed by atoms with van der Waals surface area (Å²) in [5, 5.41) is 21.2. The molecule has 1 aliphatic carbocycles. The molecular weight excluding hydrogens is 521 g/mol. The zero-order valence-corrected chi connectivity index (χ0v) is 20.1. The highest BCUT2D eigenvalue weighted by Gasteiger charge is 2.43. The molecule has 1 saturated carbocycles. The van der Waals surface area contributed by atoms with Crippen LogP contribution in [-0.4, -0.2) is 45.8 Å². The minimum Gasteiger partial charge on any atom is -0.491 e. The Bertz CT molecular complexity index is 1500. The summed E-state index contributed by atoms with van der Waals surface area (Å²) in [5.74, 6) is -1.14. The predicted octanol–water partition coefficient (Wildman–Crippen LogP) is 4.37. The van der Waals surface area contributed by atoms with Gasteiger partial charge in [-0.05, 0) is 18.9 Å². The molecule has 2 aromatic heterocycles. The lowest BCUT2D eigenvalue weighted by molar-refractivity contribution is -0.146. The second-order valence-corrected chi connectivity index (χ2v) is 9.22. The van der Waals surface area contributed by atoms with Crippen LogP contribution in [0.1, 0.15) is 30.1 Å². The van der Waals surface area contributed by atoms with Gasteiger partial charge in [-0.2, -0.15) is 18.2 Å². The van der Waals surface area contributed by atoms with Crippen LogP contribution in [0.5, 0.6) is 5.75 Å². The van der Waals surface area contributed by atoms with E-state index in [1.807, 2.05) is 0 Å². The molecule has 1 aliphatic heterocycles. The molecule has 0 saturated heterocycles. The van der Waals surface area contributed by atoms with Crippen molar-refractivity contribution in [1.82, 2.24) is 20.6 Å². The van der Waals surface area contributed by atoms with Crippen molar-refractivity contribution >= 4 is 5.97 Å². The number of aromatic nitrogens is 3. The summed E-state index contributed by atoms with van der Waals surface area (Å²) in [6, 6.07) is 12.0. The van der Waals surface area contributed by atoms with E-state index in [-0.39, 0.29) is 42.3 Å². The standard InChI is InChI=1S/C26H21F3N4O6/c27-26(28,29)19-20(13-4-2-1-3-5-13)32-38-22(19)24-31-23(33-39-24)15-8-9-16-18(10-15)36-11-17(21(16)34)30-12-37-25(35)14-6-7-14/h1-5,8-10,14,17,21,30,34H,6-7,11-12H2/t17-,21-/m0/s1. The van der Waals surface area contributed by atoms with Crippen molar-refractivity contribution in [3.8, 4) is 40.0 Å². The van der Waals surface area contributed by atoms with Crippen LogP contribution in [0.2, 0.25) is 0 Å². The maximum Gasteiger partial charge on any atom is 0.422 e. The first-order chi connectivity index (χ1) is 18.8. The third-order valence-corrected chi connectivity index (χ3v) is 6.50. The van der Waals surface area contributed by atoms with Crippen molar-refractivity contribution in [3.05, 3.63) is 59.7 Å². The molecule has 0 spiro atoms. The SMILES string of the molecule is O=C(OCN[C@H]1COc2cc(-c3noc(-c4onc(-c5ccccc5)c4C(F)(F)F)n3)ccc2[C@@H]1O)C1CC1. The van der Waals surface area contributed by atoms with Gasteiger partial charge >= 0.3 is 12.1 Å². The summed E-state index contributed by atoms with van der Waals surface area (Å²) in [7, 11) is 0. The lowest BCUT2D eigenvalue weighted by Crippen LogP contribution is -2.44. The van der Waals surface area contributed by atoms with Crippen LogP contribution in [0.3, 0.4) is 0 Å². The number of rotatable bonds is 7. The Morgan fingerprint density at radius 2 is 1.87 bits per heavy atom. The third-order valence-electron chi connectivity index (χ3n) is 6.50. The number of carbonyl (C=O) groups is 1. The predicted molar refractivity (Wildman–Crippen MR) is 127 cm³/mol. The summed E-state index contributed by atoms with van der Waals surface area (Å²) < 4.78 is 63.1. The number of nitrogens with zero attached hydrogens (tertiary/aromatic N) is 3. The lowest BCUT2D eigenvalue weighted by Gasteiger charge is -2.31. The Kier molecular flexibility index (Phi) is 6.31. The zero-order chi connectivity index (χ0) is 27.1. The molecule has 0 amide bonds. The molecule has 6 rings (SSSR count). The molecule has 2 aromatic carbocycles. The molecule has 0 radical (unpaired) electrons. The van der Waals surface area contributed by atoms with Crippen LogP contribution < -0.4 is 10.1 Å². The third kappa shape index (κ3) is 4.98. The largest absolute Gasteiger partial charge is 0.491 e. The summed E-state index contributed by atoms with van der Waals surface area (Å²) in [6.45, 7) is 0.0401. The van der Waals surface area contributed by atoms with Crippen molar-refractivity contribution in [1.29, 1.82) is 0 Å². The molecule has 2 N–H and O–H groups in total. The zero-order valence-electron chi connectivity index (χ0n) is 20.1. The van der Waals surface area contributed by atoms with Gasteiger partial charge in [0, 0.05) is 16.7 Å². The summed E-state index contributed by atoms with van der Waals surface area (Å²) in [6.07, 6.45) is -4.08. The number of fused-ring (bicyclic) bond motifs is 1. The van der Waals surface area contributed by atoms with E-state index in [1.54, 1.807) is 36.4 Å². The molecule has 2 aliphatic rings. The first-order valence-electron chi connectivity index (χ1n) is 12.1. The minimum atomic E-state index is -4.80. The first-order valence-corrected chi connectivity index (χ1v) is 12.1. The number of carbonyl (C=O) groups excluding carboxylic acids is 1. The Balaban J connectivity index is 1.21. The van der Waals surface area contributed by atoms with Gasteiger partial charge in [0.15, 0.2) is 0 Å². The average Bonchev–Trinajstić information content (AvgIpc) is 3.48. The van der Waals surface area contributed by atoms with E-state index in [0.717, 1.165) is 12.8 Å². The second kappa shape index (κ2) is 9.82. The number of nitrogens with one attached hydrogen (secondary N) is 1. The van der Waals surface area contributed by atoms with Gasteiger partial charge in [-0.3, -0.25) is 10.1 Å². The lowest BCUT2D eigenvalue weighted by atomic mass is 9.97. The van der Waals surface area contributed by atoms with Gasteiger partial charge in [0.05, 0.1) is 12.0 Å². The number of hydrogen-bond acceptors (Lipinski definition) is 10. The van der Waals surface area contributed by atoms with Gasteiger partial charge in [0.2, 0.25) is 11.6 Å². The van der Waals surface area contributed by atoms with Crippen LogP contribution in [0, 0.1) is 5.92 Å². The molecule has 2 atom stereocenters. The minimum absolute atomic E-state index is 0.0103. The van der Waals surface area contributed by atoms with E-state index < -0.39 is 35.5 Å². The van der Waals surface area contributed by atoms with Crippen molar-refractivity contribution in [3.63, 3.8) is 0 Å². The second-order valence-electron chi connectivity index (χ2n) is 9.22. The number of halogens is 3. The van der Waals surface area contributed by atoms with Gasteiger partial charge in [-0.15, -0.1) is 0 Å². The van der Waals surface area contributed by atoms with E-state index in [1.165, 1.54) is 12.1 Å². The number of aliphatic hydroxyl groups is 1. The smallest absolute Gasteiger partial charge is 0.422 e. The van der Waals surface area contributed by atoms with E-state index in [9.17, 15) is 23.1 Å². The number of hydrogen-bond donors (Lipinski definition) is 2. The van der Waals surface area contributed by atoms with Gasteiger partial charge in [0.1, 0.15) is 36.4 Å². The highest BCUT2D eigenvalue weighted by Crippen LogP contribution is 2.43. The van der Waals surface area contributed by atoms with E-state index in [0.29, 0.717) is 16.9 Å². The van der Waals surface area contributed by atoms with Gasteiger partial charge in [-0.1, -0.05) is 52.8 Å². The summed E-state index contributed by atoms with van der Waals surface area (Å²) >= 11 is 0. The van der Waals surface area contributed by atoms with Gasteiger partial charge in [0.25, 0.3) is 5.89 Å². The molecular formula is C26H21F3N4O6. The van der Waals surface area contributed by atoms with Gasteiger partial charge < -0.3 is 23.6 Å². The molecule has 39 heavy (non-hydrogen) atoms. The molecule has 0 bridgehead atoms. The highest BCUT2D eigenvalue weighted by atomic mass is 19.4. The van der Waals surface area contributed by atoms with E-state index >= 15 is 0 Å². The molecule has 3 heterocycles. The number of esters is 1. The van der Waals surface area contributed by atoms with Crippen LogP contribution in [0.4, 0.5) is 13.2 Å². The van der Waals surface area contributed by atoms with Crippen molar-refractivity contribution in [2.24, 2.45) is 5.92 Å². The number of alkyl halides is 3. The maximum absolute atomic E-state index is 14.0. The maximum atomic E-state index is 14.0. The molecule has 13 heteroatoms. The molecule has 0 unspecified atom stereocenters. The van der Waals surface area contributed by atoms with E-state index in [2.05, 4.69) is 20.6 Å².